The zero-order chi connectivity index (χ0) is 7.33. The van der Waals surface area contributed by atoms with Gasteiger partial charge in [0.05, 0.1) is 6.61 Å². The molecule has 3 heteroatoms. The zero-order valence-corrected chi connectivity index (χ0v) is 6.05. The van der Waals surface area contributed by atoms with Crippen LogP contribution in [0.3, 0.4) is 0 Å². The molecule has 0 aromatic heterocycles. The van der Waals surface area contributed by atoms with Crippen LogP contribution >= 0.6 is 0 Å². The van der Waals surface area contributed by atoms with Crippen molar-refractivity contribution < 1.29 is 9.84 Å². The van der Waals surface area contributed by atoms with Crippen LogP contribution in [0.5, 0.6) is 0 Å². The highest BCUT2D eigenvalue weighted by Crippen LogP contribution is 2.03. The first-order valence-electron chi connectivity index (χ1n) is 3.01. The molecule has 56 valence electrons. The summed E-state index contributed by atoms with van der Waals surface area (Å²) in [7, 11) is 1.60. The average molecular weight is 133 g/mol. The Bertz CT molecular complexity index is 65.5. The van der Waals surface area contributed by atoms with Gasteiger partial charge in [0.1, 0.15) is 0 Å². The number of hydrogen-bond acceptors (Lipinski definition) is 3. The van der Waals surface area contributed by atoms with Gasteiger partial charge >= 0.3 is 0 Å². The summed E-state index contributed by atoms with van der Waals surface area (Å²) < 4.78 is 4.82. The van der Waals surface area contributed by atoms with Crippen molar-refractivity contribution in [1.29, 1.82) is 0 Å². The van der Waals surface area contributed by atoms with Crippen LogP contribution in [0.4, 0.5) is 0 Å². The molecule has 0 spiro atoms. The van der Waals surface area contributed by atoms with Gasteiger partial charge < -0.3 is 15.6 Å². The van der Waals surface area contributed by atoms with Crippen LogP contribution in [0, 0.1) is 0 Å². The first-order chi connectivity index (χ1) is 4.12. The summed E-state index contributed by atoms with van der Waals surface area (Å²) >= 11 is 0. The highest BCUT2D eigenvalue weighted by molar-refractivity contribution is 4.76. The van der Waals surface area contributed by atoms with Crippen molar-refractivity contribution in [3.8, 4) is 0 Å². The van der Waals surface area contributed by atoms with Gasteiger partial charge in [-0.3, -0.25) is 0 Å². The SMILES string of the molecule is COC[C@@](C)(N)CCO. The van der Waals surface area contributed by atoms with Gasteiger partial charge in [-0.15, -0.1) is 0 Å². The van der Waals surface area contributed by atoms with E-state index in [1.165, 1.54) is 0 Å². The summed E-state index contributed by atoms with van der Waals surface area (Å²) in [5.74, 6) is 0. The normalized spacial score (nSPS) is 17.3. The fraction of sp³-hybridized carbons (Fsp3) is 1.00. The summed E-state index contributed by atoms with van der Waals surface area (Å²) in [5.41, 5.74) is 5.28. The Morgan fingerprint density at radius 1 is 1.67 bits per heavy atom. The lowest BCUT2D eigenvalue weighted by molar-refractivity contribution is 0.121. The van der Waals surface area contributed by atoms with E-state index in [1.807, 2.05) is 6.92 Å². The molecular formula is C6H15NO2. The van der Waals surface area contributed by atoms with Crippen LogP contribution in [-0.2, 0) is 4.74 Å². The molecule has 0 amide bonds. The number of nitrogens with two attached hydrogens (primary N) is 1. The molecule has 0 aliphatic carbocycles. The van der Waals surface area contributed by atoms with E-state index >= 15 is 0 Å². The smallest absolute Gasteiger partial charge is 0.0640 e. The van der Waals surface area contributed by atoms with Crippen molar-refractivity contribution in [2.45, 2.75) is 18.9 Å². The predicted octanol–water partition coefficient (Wildman–Crippen LogP) is -0.267. The average Bonchev–Trinajstić information content (AvgIpc) is 1.64. The molecule has 0 aliphatic rings. The molecule has 3 N–H and O–H groups in total. The summed E-state index contributed by atoms with van der Waals surface area (Å²) in [6.45, 7) is 2.47. The Balaban J connectivity index is 3.43. The number of rotatable bonds is 4. The standard InChI is InChI=1S/C6H15NO2/c1-6(7,3-4-8)5-9-2/h8H,3-5,7H2,1-2H3/t6-/m0/s1. The van der Waals surface area contributed by atoms with E-state index in [9.17, 15) is 0 Å². The molecule has 0 rings (SSSR count). The predicted molar refractivity (Wildman–Crippen MR) is 36.2 cm³/mol. The maximum Gasteiger partial charge on any atom is 0.0640 e. The lowest BCUT2D eigenvalue weighted by Gasteiger charge is -2.21. The minimum Gasteiger partial charge on any atom is -0.396 e. The van der Waals surface area contributed by atoms with Crippen molar-refractivity contribution in [2.75, 3.05) is 20.3 Å². The molecule has 9 heavy (non-hydrogen) atoms. The third-order valence-corrected chi connectivity index (χ3v) is 1.16. The largest absolute Gasteiger partial charge is 0.396 e. The van der Waals surface area contributed by atoms with Gasteiger partial charge in [-0.05, 0) is 13.3 Å². The molecule has 0 saturated carbocycles. The van der Waals surface area contributed by atoms with Crippen LogP contribution in [0.25, 0.3) is 0 Å². The number of aliphatic hydroxyl groups excluding tert-OH is 1. The molecule has 0 bridgehead atoms. The lowest BCUT2D eigenvalue weighted by Crippen LogP contribution is -2.41. The summed E-state index contributed by atoms with van der Waals surface area (Å²) in [6.07, 6.45) is 0.584. The fourth-order valence-corrected chi connectivity index (χ4v) is 0.657. The van der Waals surface area contributed by atoms with Crippen LogP contribution in [0.15, 0.2) is 0 Å². The van der Waals surface area contributed by atoms with Gasteiger partial charge in [0.25, 0.3) is 0 Å². The molecular weight excluding hydrogens is 118 g/mol. The van der Waals surface area contributed by atoms with Crippen LogP contribution in [-0.4, -0.2) is 31.0 Å². The molecule has 0 saturated heterocycles. The van der Waals surface area contributed by atoms with Crippen LogP contribution in [0.1, 0.15) is 13.3 Å². The molecule has 0 radical (unpaired) electrons. The molecule has 0 aromatic carbocycles. The molecule has 0 aromatic rings. The van der Waals surface area contributed by atoms with E-state index < -0.39 is 0 Å². The van der Waals surface area contributed by atoms with E-state index in [0.29, 0.717) is 13.0 Å². The van der Waals surface area contributed by atoms with Gasteiger partial charge in [-0.2, -0.15) is 0 Å². The van der Waals surface area contributed by atoms with Gasteiger partial charge in [0.15, 0.2) is 0 Å². The number of aliphatic hydroxyl groups is 1. The van der Waals surface area contributed by atoms with Crippen molar-refractivity contribution in [3.63, 3.8) is 0 Å². The molecule has 0 unspecified atom stereocenters. The van der Waals surface area contributed by atoms with Crippen molar-refractivity contribution >= 4 is 0 Å². The first-order valence-corrected chi connectivity index (χ1v) is 3.01. The number of methoxy groups -OCH3 is 1. The molecule has 1 atom stereocenters. The lowest BCUT2D eigenvalue weighted by atomic mass is 10.0. The Hall–Kier alpha value is -0.120. The van der Waals surface area contributed by atoms with Crippen LogP contribution in [0.2, 0.25) is 0 Å². The topological polar surface area (TPSA) is 55.5 Å². The quantitative estimate of drug-likeness (QED) is 0.555. The Morgan fingerprint density at radius 2 is 2.22 bits per heavy atom. The second kappa shape index (κ2) is 3.82. The second-order valence-corrected chi connectivity index (χ2v) is 2.56. The van der Waals surface area contributed by atoms with E-state index in [4.69, 9.17) is 15.6 Å². The number of ether oxygens (including phenoxy) is 1. The van der Waals surface area contributed by atoms with Crippen molar-refractivity contribution in [1.82, 2.24) is 0 Å². The third-order valence-electron chi connectivity index (χ3n) is 1.16. The number of hydrogen-bond donors (Lipinski definition) is 2. The minimum atomic E-state index is -0.372. The Morgan fingerprint density at radius 3 is 2.56 bits per heavy atom. The Labute approximate surface area is 55.8 Å². The third kappa shape index (κ3) is 4.39. The highest BCUT2D eigenvalue weighted by Gasteiger charge is 2.16. The first kappa shape index (κ1) is 8.88. The second-order valence-electron chi connectivity index (χ2n) is 2.56. The van der Waals surface area contributed by atoms with Gasteiger partial charge in [-0.25, -0.2) is 0 Å². The minimum absolute atomic E-state index is 0.121. The van der Waals surface area contributed by atoms with Crippen molar-refractivity contribution in [2.24, 2.45) is 5.73 Å². The summed E-state index contributed by atoms with van der Waals surface area (Å²) in [6, 6.07) is 0. The van der Waals surface area contributed by atoms with E-state index in [2.05, 4.69) is 0 Å². The maximum atomic E-state index is 8.49. The Kier molecular flexibility index (Phi) is 3.77. The van der Waals surface area contributed by atoms with Crippen molar-refractivity contribution in [3.05, 3.63) is 0 Å². The molecule has 0 heterocycles. The van der Waals surface area contributed by atoms with Gasteiger partial charge in [0, 0.05) is 19.3 Å². The molecule has 3 nitrogen and oxygen atoms in total. The molecule has 0 aliphatic heterocycles. The van der Waals surface area contributed by atoms with E-state index in [-0.39, 0.29) is 12.1 Å². The van der Waals surface area contributed by atoms with Crippen LogP contribution < -0.4 is 5.73 Å². The van der Waals surface area contributed by atoms with Gasteiger partial charge in [0.2, 0.25) is 0 Å². The summed E-state index contributed by atoms with van der Waals surface area (Å²) in [4.78, 5) is 0. The fourth-order valence-electron chi connectivity index (χ4n) is 0.657. The van der Waals surface area contributed by atoms with E-state index in [1.54, 1.807) is 7.11 Å². The monoisotopic (exact) mass is 133 g/mol. The highest BCUT2D eigenvalue weighted by atomic mass is 16.5. The van der Waals surface area contributed by atoms with Gasteiger partial charge in [-0.1, -0.05) is 0 Å². The maximum absolute atomic E-state index is 8.49. The van der Waals surface area contributed by atoms with E-state index in [0.717, 1.165) is 0 Å². The zero-order valence-electron chi connectivity index (χ0n) is 6.05. The molecule has 0 fully saturated rings. The summed E-state index contributed by atoms with van der Waals surface area (Å²) in [5, 5.41) is 8.49.